The first-order valence-corrected chi connectivity index (χ1v) is 2.66. The maximum atomic E-state index is 8.81. The molecule has 0 saturated heterocycles. The second kappa shape index (κ2) is 2.49. The molecule has 0 aliphatic rings. The van der Waals surface area contributed by atoms with Crippen LogP contribution in [-0.4, -0.2) is 20.0 Å². The molecule has 0 saturated carbocycles. The summed E-state index contributed by atoms with van der Waals surface area (Å²) in [6, 6.07) is 0. The molecule has 0 aliphatic carbocycles. The lowest BCUT2D eigenvalue weighted by Crippen LogP contribution is -2.18. The molecule has 0 aliphatic heterocycles. The maximum absolute atomic E-state index is 8.81. The molecule has 0 radical (unpaired) electrons. The van der Waals surface area contributed by atoms with E-state index in [1.54, 1.807) is 0 Å². The van der Waals surface area contributed by atoms with Crippen molar-refractivity contribution in [2.75, 3.05) is 0 Å². The predicted molar refractivity (Wildman–Crippen MR) is 31.2 cm³/mol. The van der Waals surface area contributed by atoms with Gasteiger partial charge in [-0.3, -0.25) is 10.4 Å². The Morgan fingerprint density at radius 2 is 2.40 bits per heavy atom. The van der Waals surface area contributed by atoms with Crippen LogP contribution >= 0.6 is 0 Å². The maximum Gasteiger partial charge on any atom is 0.179 e. The van der Waals surface area contributed by atoms with Gasteiger partial charge in [0.05, 0.1) is 24.7 Å². The summed E-state index contributed by atoms with van der Waals surface area (Å²) < 4.78 is 0.596. The number of aliphatic hydroxyl groups is 1. The third kappa shape index (κ3) is 1.14. The van der Waals surface area contributed by atoms with E-state index in [-0.39, 0.29) is 12.1 Å². The molecular formula is C5H7N3O2. The molecule has 0 aromatic carbocycles. The van der Waals surface area contributed by atoms with Gasteiger partial charge >= 0.3 is 0 Å². The van der Waals surface area contributed by atoms with Gasteiger partial charge in [-0.25, -0.2) is 0 Å². The zero-order valence-electron chi connectivity index (χ0n) is 5.15. The van der Waals surface area contributed by atoms with Gasteiger partial charge in [0.1, 0.15) is 0 Å². The summed E-state index contributed by atoms with van der Waals surface area (Å²) >= 11 is 0. The SMILES string of the molecule is N=c1cnc(CO)cn1O. The van der Waals surface area contributed by atoms with E-state index >= 15 is 0 Å². The minimum absolute atomic E-state index is 0.114. The van der Waals surface area contributed by atoms with Crippen LogP contribution in [0, 0.1) is 5.41 Å². The molecule has 0 atom stereocenters. The van der Waals surface area contributed by atoms with E-state index in [2.05, 4.69) is 4.98 Å². The Labute approximate surface area is 56.7 Å². The van der Waals surface area contributed by atoms with Crippen molar-refractivity contribution < 1.29 is 10.3 Å². The average Bonchev–Trinajstić information content (AvgIpc) is 1.95. The fourth-order valence-electron chi connectivity index (χ4n) is 0.529. The van der Waals surface area contributed by atoms with Gasteiger partial charge in [-0.15, -0.1) is 0 Å². The minimum atomic E-state index is -0.235. The molecule has 0 amide bonds. The summed E-state index contributed by atoms with van der Waals surface area (Å²) in [4.78, 5) is 3.64. The first-order chi connectivity index (χ1) is 4.74. The summed E-state index contributed by atoms with van der Waals surface area (Å²) in [5.41, 5.74) is 0.218. The van der Waals surface area contributed by atoms with Gasteiger partial charge in [0, 0.05) is 0 Å². The standard InChI is InChI=1S/C5H7N3O2/c6-5-1-7-4(3-9)2-8(5)10/h1-2,6,9-10H,3H2. The molecule has 5 nitrogen and oxygen atoms in total. The number of nitrogens with zero attached hydrogens (tertiary/aromatic N) is 2. The van der Waals surface area contributed by atoms with E-state index in [1.807, 2.05) is 0 Å². The van der Waals surface area contributed by atoms with Crippen molar-refractivity contribution in [1.29, 1.82) is 5.41 Å². The van der Waals surface area contributed by atoms with Crippen LogP contribution in [-0.2, 0) is 6.61 Å². The van der Waals surface area contributed by atoms with Crippen LogP contribution in [0.15, 0.2) is 12.4 Å². The van der Waals surface area contributed by atoms with Crippen LogP contribution in [0.4, 0.5) is 0 Å². The summed E-state index contributed by atoms with van der Waals surface area (Å²) in [7, 11) is 0. The monoisotopic (exact) mass is 141 g/mol. The molecule has 5 heteroatoms. The van der Waals surface area contributed by atoms with Crippen molar-refractivity contribution in [1.82, 2.24) is 9.71 Å². The minimum Gasteiger partial charge on any atom is -0.427 e. The van der Waals surface area contributed by atoms with Crippen molar-refractivity contribution in [3.05, 3.63) is 23.6 Å². The van der Waals surface area contributed by atoms with Crippen LogP contribution in [0.3, 0.4) is 0 Å². The van der Waals surface area contributed by atoms with Crippen LogP contribution in [0.5, 0.6) is 0 Å². The molecule has 3 N–H and O–H groups in total. The largest absolute Gasteiger partial charge is 0.427 e. The van der Waals surface area contributed by atoms with Gasteiger partial charge in [-0.1, -0.05) is 0 Å². The van der Waals surface area contributed by atoms with Crippen LogP contribution in [0.2, 0.25) is 0 Å². The van der Waals surface area contributed by atoms with Crippen molar-refractivity contribution in [3.8, 4) is 0 Å². The molecule has 10 heavy (non-hydrogen) atoms. The number of hydrogen-bond acceptors (Lipinski definition) is 4. The van der Waals surface area contributed by atoms with Crippen LogP contribution < -0.4 is 5.49 Å². The molecule has 0 fully saturated rings. The lowest BCUT2D eigenvalue weighted by molar-refractivity contribution is 0.165. The highest BCUT2D eigenvalue weighted by molar-refractivity contribution is 4.91. The number of hydrogen-bond donors (Lipinski definition) is 3. The van der Waals surface area contributed by atoms with E-state index in [0.29, 0.717) is 10.4 Å². The van der Waals surface area contributed by atoms with Crippen LogP contribution in [0.1, 0.15) is 5.69 Å². The molecule has 1 rings (SSSR count). The van der Waals surface area contributed by atoms with Crippen molar-refractivity contribution in [2.45, 2.75) is 6.61 Å². The lowest BCUT2D eigenvalue weighted by atomic mass is 10.5. The first kappa shape index (κ1) is 6.76. The highest BCUT2D eigenvalue weighted by atomic mass is 16.5. The Bertz CT molecular complexity index is 280. The fourth-order valence-corrected chi connectivity index (χ4v) is 0.529. The molecular weight excluding hydrogens is 134 g/mol. The second-order valence-electron chi connectivity index (χ2n) is 1.77. The molecule has 0 unspecified atom stereocenters. The average molecular weight is 141 g/mol. The molecule has 1 aromatic heterocycles. The van der Waals surface area contributed by atoms with Crippen molar-refractivity contribution in [2.24, 2.45) is 0 Å². The van der Waals surface area contributed by atoms with Crippen molar-refractivity contribution in [3.63, 3.8) is 0 Å². The Hall–Kier alpha value is -1.36. The van der Waals surface area contributed by atoms with Gasteiger partial charge in [0.2, 0.25) is 0 Å². The van der Waals surface area contributed by atoms with E-state index in [9.17, 15) is 0 Å². The zero-order chi connectivity index (χ0) is 7.56. The van der Waals surface area contributed by atoms with Crippen LogP contribution in [0.25, 0.3) is 0 Å². The molecule has 1 heterocycles. The highest BCUT2D eigenvalue weighted by Crippen LogP contribution is 1.85. The Kier molecular flexibility index (Phi) is 1.68. The third-order valence-electron chi connectivity index (χ3n) is 1.03. The van der Waals surface area contributed by atoms with Gasteiger partial charge < -0.3 is 10.3 Å². The number of aliphatic hydroxyl groups excluding tert-OH is 1. The highest BCUT2D eigenvalue weighted by Gasteiger charge is 1.92. The van der Waals surface area contributed by atoms with E-state index in [4.69, 9.17) is 15.7 Å². The summed E-state index contributed by atoms with van der Waals surface area (Å²) in [6.45, 7) is -0.235. The summed E-state index contributed by atoms with van der Waals surface area (Å²) in [6.07, 6.45) is 2.34. The zero-order valence-corrected chi connectivity index (χ0v) is 5.15. The predicted octanol–water partition coefficient (Wildman–Crippen LogP) is -0.908. The summed E-state index contributed by atoms with van der Waals surface area (Å²) in [5.74, 6) is 0. The molecule has 54 valence electrons. The van der Waals surface area contributed by atoms with Gasteiger partial charge in [-0.05, 0) is 0 Å². The quantitative estimate of drug-likeness (QED) is 0.443. The molecule has 0 spiro atoms. The fraction of sp³-hybridized carbons (Fsp3) is 0.200. The van der Waals surface area contributed by atoms with Gasteiger partial charge in [-0.2, -0.15) is 4.73 Å². The van der Waals surface area contributed by atoms with Gasteiger partial charge in [0.15, 0.2) is 5.49 Å². The first-order valence-electron chi connectivity index (χ1n) is 2.66. The second-order valence-corrected chi connectivity index (χ2v) is 1.77. The molecule has 1 aromatic rings. The Balaban J connectivity index is 3.17. The normalized spacial score (nSPS) is 9.70. The molecule has 0 bridgehead atoms. The number of aromatic nitrogens is 2. The Morgan fingerprint density at radius 1 is 1.70 bits per heavy atom. The smallest absolute Gasteiger partial charge is 0.179 e. The Morgan fingerprint density at radius 3 is 2.90 bits per heavy atom. The van der Waals surface area contributed by atoms with E-state index in [1.165, 1.54) is 6.20 Å². The van der Waals surface area contributed by atoms with Crippen molar-refractivity contribution >= 4 is 0 Å². The summed E-state index contributed by atoms with van der Waals surface area (Å²) in [5, 5.41) is 24.3. The third-order valence-corrected chi connectivity index (χ3v) is 1.03. The number of nitrogens with one attached hydrogen (secondary N) is 1. The van der Waals surface area contributed by atoms with Gasteiger partial charge in [0.25, 0.3) is 0 Å². The van der Waals surface area contributed by atoms with E-state index in [0.717, 1.165) is 6.20 Å². The lowest BCUT2D eigenvalue weighted by Gasteiger charge is -1.97. The van der Waals surface area contributed by atoms with E-state index < -0.39 is 0 Å². The topological polar surface area (TPSA) is 82.1 Å². The number of rotatable bonds is 1.